The Morgan fingerprint density at radius 1 is 1.33 bits per heavy atom. The van der Waals surface area contributed by atoms with Crippen LogP contribution < -0.4 is 10.1 Å². The Morgan fingerprint density at radius 3 is 3.05 bits per heavy atom. The molecule has 1 N–H and O–H groups in total. The van der Waals surface area contributed by atoms with Gasteiger partial charge in [-0.1, -0.05) is 18.2 Å². The molecule has 1 aliphatic carbocycles. The van der Waals surface area contributed by atoms with Crippen LogP contribution in [0.3, 0.4) is 0 Å². The van der Waals surface area contributed by atoms with Crippen molar-refractivity contribution in [2.24, 2.45) is 0 Å². The number of hydrogen-bond acceptors (Lipinski definition) is 4. The van der Waals surface area contributed by atoms with Crippen LogP contribution in [-0.2, 0) is 11.2 Å². The first kappa shape index (κ1) is 13.5. The Morgan fingerprint density at radius 2 is 2.19 bits per heavy atom. The standard InChI is InChI=1S/C16H17N3O2/c20-16(10-21-12-5-2-1-3-6-12)19-15-8-4-7-14-13(15)9-17-11-18-14/h1-3,5-6,9,11,15H,4,7-8,10H2,(H,19,20)/t15-/m0/s1. The lowest BCUT2D eigenvalue weighted by atomic mass is 9.92. The Hall–Kier alpha value is -2.43. The molecule has 0 saturated heterocycles. The van der Waals surface area contributed by atoms with E-state index in [2.05, 4.69) is 15.3 Å². The van der Waals surface area contributed by atoms with Gasteiger partial charge in [0.25, 0.3) is 5.91 Å². The van der Waals surface area contributed by atoms with E-state index in [9.17, 15) is 4.79 Å². The zero-order valence-corrected chi connectivity index (χ0v) is 11.7. The van der Waals surface area contributed by atoms with Gasteiger partial charge in [0.2, 0.25) is 0 Å². The second kappa shape index (κ2) is 6.35. The van der Waals surface area contributed by atoms with E-state index >= 15 is 0 Å². The van der Waals surface area contributed by atoms with Gasteiger partial charge < -0.3 is 10.1 Å². The zero-order valence-electron chi connectivity index (χ0n) is 11.7. The fraction of sp³-hybridized carbons (Fsp3) is 0.312. The van der Waals surface area contributed by atoms with Gasteiger partial charge in [-0.2, -0.15) is 0 Å². The summed E-state index contributed by atoms with van der Waals surface area (Å²) < 4.78 is 5.45. The lowest BCUT2D eigenvalue weighted by molar-refractivity contribution is -0.124. The lowest BCUT2D eigenvalue weighted by Gasteiger charge is -2.24. The van der Waals surface area contributed by atoms with E-state index in [0.717, 1.165) is 30.5 Å². The average molecular weight is 283 g/mol. The van der Waals surface area contributed by atoms with Crippen LogP contribution in [0.15, 0.2) is 42.9 Å². The molecule has 1 atom stereocenters. The first-order valence-corrected chi connectivity index (χ1v) is 7.09. The number of aromatic nitrogens is 2. The second-order valence-electron chi connectivity index (χ2n) is 5.04. The van der Waals surface area contributed by atoms with Gasteiger partial charge in [0.1, 0.15) is 12.1 Å². The van der Waals surface area contributed by atoms with Crippen molar-refractivity contribution in [3.8, 4) is 5.75 Å². The van der Waals surface area contributed by atoms with Gasteiger partial charge in [0, 0.05) is 17.5 Å². The van der Waals surface area contributed by atoms with E-state index in [1.807, 2.05) is 30.3 Å². The molecule has 21 heavy (non-hydrogen) atoms. The molecule has 1 aliphatic rings. The lowest BCUT2D eigenvalue weighted by Crippen LogP contribution is -2.34. The normalized spacial score (nSPS) is 16.9. The number of nitrogens with zero attached hydrogens (tertiary/aromatic N) is 2. The Labute approximate surface area is 123 Å². The highest BCUT2D eigenvalue weighted by Crippen LogP contribution is 2.27. The van der Waals surface area contributed by atoms with Crippen LogP contribution in [0.1, 0.15) is 30.1 Å². The number of nitrogens with one attached hydrogen (secondary N) is 1. The summed E-state index contributed by atoms with van der Waals surface area (Å²) in [6, 6.07) is 9.31. The quantitative estimate of drug-likeness (QED) is 0.932. The topological polar surface area (TPSA) is 64.1 Å². The highest BCUT2D eigenvalue weighted by molar-refractivity contribution is 5.78. The van der Waals surface area contributed by atoms with Crippen molar-refractivity contribution in [1.82, 2.24) is 15.3 Å². The number of hydrogen-bond donors (Lipinski definition) is 1. The van der Waals surface area contributed by atoms with Crippen molar-refractivity contribution in [2.75, 3.05) is 6.61 Å². The summed E-state index contributed by atoms with van der Waals surface area (Å²) in [4.78, 5) is 20.3. The van der Waals surface area contributed by atoms with Gasteiger partial charge in [0.15, 0.2) is 6.61 Å². The SMILES string of the molecule is O=C(COc1ccccc1)N[C@H]1CCCc2ncncc21. The molecule has 0 fully saturated rings. The number of carbonyl (C=O) groups excluding carboxylic acids is 1. The number of fused-ring (bicyclic) bond motifs is 1. The van der Waals surface area contributed by atoms with Crippen molar-refractivity contribution in [3.05, 3.63) is 54.1 Å². The fourth-order valence-corrected chi connectivity index (χ4v) is 2.55. The molecule has 5 nitrogen and oxygen atoms in total. The molecule has 5 heteroatoms. The van der Waals surface area contributed by atoms with Crippen molar-refractivity contribution in [3.63, 3.8) is 0 Å². The molecule has 0 bridgehead atoms. The van der Waals surface area contributed by atoms with Gasteiger partial charge >= 0.3 is 0 Å². The minimum Gasteiger partial charge on any atom is -0.484 e. The average Bonchev–Trinajstić information content (AvgIpc) is 2.54. The van der Waals surface area contributed by atoms with Crippen LogP contribution in [0.4, 0.5) is 0 Å². The van der Waals surface area contributed by atoms with Crippen molar-refractivity contribution < 1.29 is 9.53 Å². The van der Waals surface area contributed by atoms with E-state index in [1.54, 1.807) is 12.5 Å². The summed E-state index contributed by atoms with van der Waals surface area (Å²) >= 11 is 0. The monoisotopic (exact) mass is 283 g/mol. The molecule has 1 amide bonds. The number of ether oxygens (including phenoxy) is 1. The first-order valence-electron chi connectivity index (χ1n) is 7.09. The number of para-hydroxylation sites is 1. The van der Waals surface area contributed by atoms with Crippen molar-refractivity contribution in [2.45, 2.75) is 25.3 Å². The van der Waals surface area contributed by atoms with Crippen LogP contribution in [-0.4, -0.2) is 22.5 Å². The first-order chi connectivity index (χ1) is 10.3. The molecule has 108 valence electrons. The van der Waals surface area contributed by atoms with E-state index in [-0.39, 0.29) is 18.6 Å². The minimum absolute atomic E-state index is 0.0122. The molecule has 0 spiro atoms. The Balaban J connectivity index is 1.58. The van der Waals surface area contributed by atoms with E-state index in [4.69, 9.17) is 4.74 Å². The summed E-state index contributed by atoms with van der Waals surface area (Å²) in [6.45, 7) is 0.0174. The number of aryl methyl sites for hydroxylation is 1. The highest BCUT2D eigenvalue weighted by Gasteiger charge is 2.22. The molecule has 1 aromatic heterocycles. The Bertz CT molecular complexity index is 616. The third kappa shape index (κ3) is 3.37. The van der Waals surface area contributed by atoms with Crippen LogP contribution in [0.2, 0.25) is 0 Å². The molecule has 0 saturated carbocycles. The molecule has 0 aliphatic heterocycles. The van der Waals surface area contributed by atoms with Gasteiger partial charge in [-0.25, -0.2) is 9.97 Å². The smallest absolute Gasteiger partial charge is 0.258 e. The molecule has 3 rings (SSSR count). The summed E-state index contributed by atoms with van der Waals surface area (Å²) in [5, 5.41) is 3.00. The fourth-order valence-electron chi connectivity index (χ4n) is 2.55. The number of carbonyl (C=O) groups is 1. The molecule has 0 radical (unpaired) electrons. The molecular formula is C16H17N3O2. The van der Waals surface area contributed by atoms with E-state index < -0.39 is 0 Å². The minimum atomic E-state index is -0.124. The summed E-state index contributed by atoms with van der Waals surface area (Å²) in [5.41, 5.74) is 2.06. The summed E-state index contributed by atoms with van der Waals surface area (Å²) in [5.74, 6) is 0.570. The molecule has 1 aromatic carbocycles. The van der Waals surface area contributed by atoms with Gasteiger partial charge in [-0.15, -0.1) is 0 Å². The van der Waals surface area contributed by atoms with Crippen LogP contribution >= 0.6 is 0 Å². The number of amides is 1. The van der Waals surface area contributed by atoms with Crippen molar-refractivity contribution in [1.29, 1.82) is 0 Å². The van der Waals surface area contributed by atoms with Crippen LogP contribution in [0, 0.1) is 0 Å². The van der Waals surface area contributed by atoms with E-state index in [1.165, 1.54) is 0 Å². The maximum Gasteiger partial charge on any atom is 0.258 e. The van der Waals surface area contributed by atoms with Gasteiger partial charge in [0.05, 0.1) is 6.04 Å². The number of rotatable bonds is 4. The highest BCUT2D eigenvalue weighted by atomic mass is 16.5. The molecule has 2 aromatic rings. The number of benzene rings is 1. The molecular weight excluding hydrogens is 266 g/mol. The van der Waals surface area contributed by atoms with Crippen LogP contribution in [0.5, 0.6) is 5.75 Å². The Kier molecular flexibility index (Phi) is 4.09. The zero-order chi connectivity index (χ0) is 14.5. The third-order valence-corrected chi connectivity index (χ3v) is 3.56. The van der Waals surface area contributed by atoms with Crippen LogP contribution in [0.25, 0.3) is 0 Å². The molecule has 1 heterocycles. The van der Waals surface area contributed by atoms with E-state index in [0.29, 0.717) is 5.75 Å². The maximum absolute atomic E-state index is 12.0. The second-order valence-corrected chi connectivity index (χ2v) is 5.04. The summed E-state index contributed by atoms with van der Waals surface area (Å²) in [6.07, 6.45) is 6.24. The maximum atomic E-state index is 12.0. The largest absolute Gasteiger partial charge is 0.484 e. The predicted molar refractivity (Wildman–Crippen MR) is 77.8 cm³/mol. The van der Waals surface area contributed by atoms with Gasteiger partial charge in [-0.05, 0) is 31.4 Å². The van der Waals surface area contributed by atoms with Gasteiger partial charge in [-0.3, -0.25) is 4.79 Å². The van der Waals surface area contributed by atoms with Crippen molar-refractivity contribution >= 4 is 5.91 Å². The summed E-state index contributed by atoms with van der Waals surface area (Å²) in [7, 11) is 0. The molecule has 0 unspecified atom stereocenters. The third-order valence-electron chi connectivity index (χ3n) is 3.56. The predicted octanol–water partition coefficient (Wildman–Crippen LogP) is 2.05.